The van der Waals surface area contributed by atoms with E-state index in [0.29, 0.717) is 24.7 Å². The molecule has 0 atom stereocenters. The van der Waals surface area contributed by atoms with Crippen LogP contribution in [0.25, 0.3) is 11.4 Å². The summed E-state index contributed by atoms with van der Waals surface area (Å²) in [4.78, 5) is 23.9. The van der Waals surface area contributed by atoms with Crippen LogP contribution in [-0.2, 0) is 4.79 Å². The minimum absolute atomic E-state index is 0.0393. The fourth-order valence-electron chi connectivity index (χ4n) is 3.28. The molecule has 0 bridgehead atoms. The van der Waals surface area contributed by atoms with Crippen molar-refractivity contribution in [2.75, 3.05) is 30.9 Å². The van der Waals surface area contributed by atoms with Gasteiger partial charge < -0.3 is 14.4 Å². The number of anilines is 1. The fourth-order valence-corrected chi connectivity index (χ4v) is 4.12. The SMILES string of the molecule is COc1ccc(-c2nc(C)cc(SCC(=O)N3CCOc4ccc(C)cc43)n2)cc1. The Bertz CT molecular complexity index is 1070. The predicted octanol–water partition coefficient (Wildman–Crippen LogP) is 4.29. The average Bonchev–Trinajstić information content (AvgIpc) is 2.76. The highest BCUT2D eigenvalue weighted by molar-refractivity contribution is 7.99. The lowest BCUT2D eigenvalue weighted by molar-refractivity contribution is -0.116. The smallest absolute Gasteiger partial charge is 0.237 e. The molecule has 1 aliphatic rings. The van der Waals surface area contributed by atoms with Crippen LogP contribution < -0.4 is 14.4 Å². The third kappa shape index (κ3) is 4.41. The highest BCUT2D eigenvalue weighted by Crippen LogP contribution is 2.33. The molecule has 3 aromatic rings. The van der Waals surface area contributed by atoms with E-state index in [0.717, 1.165) is 39.0 Å². The molecule has 4 rings (SSSR count). The number of aromatic nitrogens is 2. The van der Waals surface area contributed by atoms with E-state index in [-0.39, 0.29) is 5.91 Å². The number of hydrogen-bond acceptors (Lipinski definition) is 6. The summed E-state index contributed by atoms with van der Waals surface area (Å²) < 4.78 is 10.9. The van der Waals surface area contributed by atoms with Gasteiger partial charge in [0, 0.05) is 11.3 Å². The molecular formula is C23H23N3O3S. The van der Waals surface area contributed by atoms with Crippen molar-refractivity contribution in [3.63, 3.8) is 0 Å². The van der Waals surface area contributed by atoms with Crippen LogP contribution in [0.4, 0.5) is 5.69 Å². The Balaban J connectivity index is 1.50. The minimum Gasteiger partial charge on any atom is -0.497 e. The van der Waals surface area contributed by atoms with E-state index in [1.165, 1.54) is 11.8 Å². The molecular weight excluding hydrogens is 398 g/mol. The molecule has 0 aliphatic carbocycles. The number of amides is 1. The molecule has 30 heavy (non-hydrogen) atoms. The molecule has 0 radical (unpaired) electrons. The zero-order valence-corrected chi connectivity index (χ0v) is 18.0. The highest BCUT2D eigenvalue weighted by atomic mass is 32.2. The summed E-state index contributed by atoms with van der Waals surface area (Å²) in [5.41, 5.74) is 3.70. The summed E-state index contributed by atoms with van der Waals surface area (Å²) in [7, 11) is 1.64. The van der Waals surface area contributed by atoms with Gasteiger partial charge in [-0.1, -0.05) is 17.8 Å². The molecule has 1 amide bonds. The largest absolute Gasteiger partial charge is 0.497 e. The van der Waals surface area contributed by atoms with Crippen LogP contribution in [0.2, 0.25) is 0 Å². The molecule has 0 saturated heterocycles. The number of carbonyl (C=O) groups excluding carboxylic acids is 1. The molecule has 0 saturated carbocycles. The van der Waals surface area contributed by atoms with Crippen molar-refractivity contribution < 1.29 is 14.3 Å². The summed E-state index contributed by atoms with van der Waals surface area (Å²) in [6, 6.07) is 15.4. The van der Waals surface area contributed by atoms with Gasteiger partial charge in [-0.25, -0.2) is 9.97 Å². The summed E-state index contributed by atoms with van der Waals surface area (Å²) in [6.45, 7) is 4.99. The molecule has 1 aromatic heterocycles. The van der Waals surface area contributed by atoms with Gasteiger partial charge in [-0.15, -0.1) is 0 Å². The second kappa shape index (κ2) is 8.75. The fraction of sp³-hybridized carbons (Fsp3) is 0.261. The maximum absolute atomic E-state index is 12.9. The van der Waals surface area contributed by atoms with E-state index in [1.54, 1.807) is 12.0 Å². The molecule has 0 fully saturated rings. The molecule has 7 heteroatoms. The summed E-state index contributed by atoms with van der Waals surface area (Å²) in [5, 5.41) is 0.777. The van der Waals surface area contributed by atoms with Gasteiger partial charge in [-0.2, -0.15) is 0 Å². The van der Waals surface area contributed by atoms with E-state index < -0.39 is 0 Å². The van der Waals surface area contributed by atoms with Crippen LogP contribution in [0.1, 0.15) is 11.3 Å². The van der Waals surface area contributed by atoms with Crippen molar-refractivity contribution in [2.45, 2.75) is 18.9 Å². The maximum atomic E-state index is 12.9. The second-order valence-corrected chi connectivity index (χ2v) is 8.05. The Kier molecular flexibility index (Phi) is 5.90. The number of rotatable bonds is 5. The van der Waals surface area contributed by atoms with Crippen molar-refractivity contribution in [2.24, 2.45) is 0 Å². The summed E-state index contributed by atoms with van der Waals surface area (Å²) in [5.74, 6) is 2.51. The van der Waals surface area contributed by atoms with Crippen LogP contribution in [-0.4, -0.2) is 41.9 Å². The quantitative estimate of drug-likeness (QED) is 0.452. The van der Waals surface area contributed by atoms with Crippen LogP contribution in [0, 0.1) is 13.8 Å². The molecule has 2 aromatic carbocycles. The second-order valence-electron chi connectivity index (χ2n) is 7.05. The predicted molar refractivity (Wildman–Crippen MR) is 119 cm³/mol. The lowest BCUT2D eigenvalue weighted by Crippen LogP contribution is -2.39. The van der Waals surface area contributed by atoms with Crippen LogP contribution >= 0.6 is 11.8 Å². The van der Waals surface area contributed by atoms with Crippen LogP contribution in [0.3, 0.4) is 0 Å². The van der Waals surface area contributed by atoms with Crippen molar-refractivity contribution in [3.8, 4) is 22.9 Å². The van der Waals surface area contributed by atoms with Crippen LogP contribution in [0.5, 0.6) is 11.5 Å². The number of benzene rings is 2. The Morgan fingerprint density at radius 1 is 1.13 bits per heavy atom. The number of aryl methyl sites for hydroxylation is 2. The van der Waals surface area contributed by atoms with Gasteiger partial charge in [-0.05, 0) is 61.9 Å². The van der Waals surface area contributed by atoms with Crippen molar-refractivity contribution in [1.29, 1.82) is 0 Å². The normalized spacial score (nSPS) is 12.8. The maximum Gasteiger partial charge on any atom is 0.237 e. The van der Waals surface area contributed by atoms with Crippen molar-refractivity contribution in [1.82, 2.24) is 9.97 Å². The molecule has 0 spiro atoms. The minimum atomic E-state index is 0.0393. The number of hydrogen-bond donors (Lipinski definition) is 0. The van der Waals surface area contributed by atoms with Gasteiger partial charge in [0.15, 0.2) is 5.82 Å². The van der Waals surface area contributed by atoms with Gasteiger partial charge in [0.25, 0.3) is 0 Å². The lowest BCUT2D eigenvalue weighted by Gasteiger charge is -2.29. The molecule has 0 unspecified atom stereocenters. The Morgan fingerprint density at radius 3 is 2.70 bits per heavy atom. The average molecular weight is 422 g/mol. The third-order valence-corrected chi connectivity index (χ3v) is 5.70. The van der Waals surface area contributed by atoms with Gasteiger partial charge >= 0.3 is 0 Å². The Morgan fingerprint density at radius 2 is 1.93 bits per heavy atom. The number of methoxy groups -OCH3 is 1. The number of nitrogens with zero attached hydrogens (tertiary/aromatic N) is 3. The highest BCUT2D eigenvalue weighted by Gasteiger charge is 2.24. The monoisotopic (exact) mass is 421 g/mol. The van der Waals surface area contributed by atoms with Gasteiger partial charge in [0.1, 0.15) is 23.1 Å². The first kappa shape index (κ1) is 20.2. The van der Waals surface area contributed by atoms with E-state index in [2.05, 4.69) is 9.97 Å². The molecule has 6 nitrogen and oxygen atoms in total. The van der Waals surface area contributed by atoms with Gasteiger partial charge in [-0.3, -0.25) is 4.79 Å². The van der Waals surface area contributed by atoms with Gasteiger partial charge in [0.2, 0.25) is 5.91 Å². The standard InChI is InChI=1S/C23H23N3O3S/c1-15-4-9-20-19(12-15)26(10-11-29-20)22(27)14-30-21-13-16(2)24-23(25-21)17-5-7-18(28-3)8-6-17/h4-9,12-13H,10-11,14H2,1-3H3. The molecule has 2 heterocycles. The zero-order chi connectivity index (χ0) is 21.1. The first-order chi connectivity index (χ1) is 14.5. The summed E-state index contributed by atoms with van der Waals surface area (Å²) in [6.07, 6.45) is 0. The van der Waals surface area contributed by atoms with Crippen molar-refractivity contribution >= 4 is 23.4 Å². The van der Waals surface area contributed by atoms with E-state index in [4.69, 9.17) is 9.47 Å². The van der Waals surface area contributed by atoms with E-state index in [9.17, 15) is 4.79 Å². The third-order valence-electron chi connectivity index (χ3n) is 4.80. The Labute approximate surface area is 180 Å². The van der Waals surface area contributed by atoms with E-state index in [1.807, 2.05) is 62.4 Å². The first-order valence-electron chi connectivity index (χ1n) is 9.70. The van der Waals surface area contributed by atoms with Gasteiger partial charge in [0.05, 0.1) is 25.1 Å². The van der Waals surface area contributed by atoms with Crippen molar-refractivity contribution in [3.05, 3.63) is 59.8 Å². The zero-order valence-electron chi connectivity index (χ0n) is 17.2. The van der Waals surface area contributed by atoms with Crippen LogP contribution in [0.15, 0.2) is 53.6 Å². The molecule has 0 N–H and O–H groups in total. The lowest BCUT2D eigenvalue weighted by atomic mass is 10.1. The number of thioether (sulfide) groups is 1. The molecule has 1 aliphatic heterocycles. The number of ether oxygens (including phenoxy) is 2. The molecule has 154 valence electrons. The Hall–Kier alpha value is -3.06. The van der Waals surface area contributed by atoms with E-state index >= 15 is 0 Å². The number of fused-ring (bicyclic) bond motifs is 1. The first-order valence-corrected chi connectivity index (χ1v) is 10.7. The summed E-state index contributed by atoms with van der Waals surface area (Å²) >= 11 is 1.42. The number of carbonyl (C=O) groups is 1. The topological polar surface area (TPSA) is 64.5 Å².